The fraction of sp³-hybridized carbons (Fsp3) is 0.600. The average molecular weight is 277 g/mol. The molecule has 0 aliphatic heterocycles. The van der Waals surface area contributed by atoms with Gasteiger partial charge in [-0.2, -0.15) is 0 Å². The van der Waals surface area contributed by atoms with Crippen LogP contribution in [-0.2, 0) is 0 Å². The van der Waals surface area contributed by atoms with E-state index in [0.717, 1.165) is 24.2 Å². The number of pyridine rings is 1. The van der Waals surface area contributed by atoms with E-state index in [1.807, 2.05) is 18.2 Å². The lowest BCUT2D eigenvalue weighted by molar-refractivity contribution is 0.278. The molecule has 2 rings (SSSR count). The van der Waals surface area contributed by atoms with Gasteiger partial charge >= 0.3 is 0 Å². The van der Waals surface area contributed by atoms with Crippen LogP contribution in [0.1, 0.15) is 44.7 Å². The Morgan fingerprint density at radius 1 is 1.32 bits per heavy atom. The summed E-state index contributed by atoms with van der Waals surface area (Å²) in [4.78, 5) is 4.76. The topological polar surface area (TPSA) is 50.9 Å². The maximum absolute atomic E-state index is 5.59. The van der Waals surface area contributed by atoms with Gasteiger partial charge in [-0.25, -0.2) is 4.98 Å². The van der Waals surface area contributed by atoms with Gasteiger partial charge in [0.1, 0.15) is 10.8 Å². The lowest BCUT2D eigenvalue weighted by Gasteiger charge is -2.28. The molecule has 0 radical (unpaired) electrons. The van der Waals surface area contributed by atoms with Crippen LogP contribution in [0, 0.1) is 11.8 Å². The molecule has 3 nitrogen and oxygen atoms in total. The van der Waals surface area contributed by atoms with Crippen molar-refractivity contribution in [3.05, 3.63) is 23.9 Å². The minimum absolute atomic E-state index is 0.354. The molecule has 0 unspecified atom stereocenters. The van der Waals surface area contributed by atoms with E-state index in [2.05, 4.69) is 17.2 Å². The van der Waals surface area contributed by atoms with E-state index in [9.17, 15) is 0 Å². The standard InChI is InChI=1S/C15H23N3S/c1-2-11-6-8-12(9-7-11)10-17-14-5-3-4-13(18-14)15(16)19/h3-5,11-12H,2,6-10H2,1H3,(H2,16,19)(H,17,18). The molecule has 0 amide bonds. The highest BCUT2D eigenvalue weighted by atomic mass is 32.1. The summed E-state index contributed by atoms with van der Waals surface area (Å²) >= 11 is 4.94. The number of nitrogens with zero attached hydrogens (tertiary/aromatic N) is 1. The van der Waals surface area contributed by atoms with Crippen LogP contribution >= 0.6 is 12.2 Å². The second-order valence-corrected chi connectivity index (χ2v) is 5.89. The lowest BCUT2D eigenvalue weighted by Crippen LogP contribution is -2.21. The molecular weight excluding hydrogens is 254 g/mol. The van der Waals surface area contributed by atoms with Crippen LogP contribution in [0.5, 0.6) is 0 Å². The first kappa shape index (κ1) is 14.3. The second kappa shape index (κ2) is 6.85. The first-order valence-electron chi connectivity index (χ1n) is 7.19. The second-order valence-electron chi connectivity index (χ2n) is 5.45. The minimum Gasteiger partial charge on any atom is -0.388 e. The molecule has 0 saturated heterocycles. The zero-order valence-corrected chi connectivity index (χ0v) is 12.4. The van der Waals surface area contributed by atoms with Crippen molar-refractivity contribution in [2.24, 2.45) is 17.6 Å². The normalized spacial score (nSPS) is 23.0. The smallest absolute Gasteiger partial charge is 0.126 e. The molecule has 0 aromatic carbocycles. The molecule has 0 atom stereocenters. The number of nitrogens with two attached hydrogens (primary N) is 1. The summed E-state index contributed by atoms with van der Waals surface area (Å²) in [6, 6.07) is 5.76. The highest BCUT2D eigenvalue weighted by Crippen LogP contribution is 2.30. The van der Waals surface area contributed by atoms with E-state index in [0.29, 0.717) is 10.7 Å². The Balaban J connectivity index is 1.82. The van der Waals surface area contributed by atoms with Crippen LogP contribution in [0.25, 0.3) is 0 Å². The summed E-state index contributed by atoms with van der Waals surface area (Å²) in [6.45, 7) is 3.30. The lowest BCUT2D eigenvalue weighted by atomic mass is 9.81. The molecule has 1 heterocycles. The largest absolute Gasteiger partial charge is 0.388 e. The Hall–Kier alpha value is -1.16. The molecule has 3 N–H and O–H groups in total. The van der Waals surface area contributed by atoms with Crippen molar-refractivity contribution in [1.82, 2.24) is 4.98 Å². The van der Waals surface area contributed by atoms with Crippen molar-refractivity contribution in [3.8, 4) is 0 Å². The third-order valence-corrected chi connectivity index (χ3v) is 4.33. The Labute approximate surface area is 121 Å². The molecule has 1 saturated carbocycles. The van der Waals surface area contributed by atoms with Crippen LogP contribution in [0.15, 0.2) is 18.2 Å². The van der Waals surface area contributed by atoms with Crippen LogP contribution in [0.2, 0.25) is 0 Å². The number of hydrogen-bond acceptors (Lipinski definition) is 3. The van der Waals surface area contributed by atoms with Gasteiger partial charge in [-0.05, 0) is 36.8 Å². The summed E-state index contributed by atoms with van der Waals surface area (Å²) in [7, 11) is 0. The quantitative estimate of drug-likeness (QED) is 0.810. The van der Waals surface area contributed by atoms with Gasteiger partial charge in [0.05, 0.1) is 5.69 Å². The first-order chi connectivity index (χ1) is 9.19. The van der Waals surface area contributed by atoms with Gasteiger partial charge in [-0.15, -0.1) is 0 Å². The number of nitrogens with one attached hydrogen (secondary N) is 1. The molecular formula is C15H23N3S. The summed E-state index contributed by atoms with van der Waals surface area (Å²) in [5.41, 5.74) is 6.28. The molecule has 0 bridgehead atoms. The predicted molar refractivity (Wildman–Crippen MR) is 84.4 cm³/mol. The number of anilines is 1. The third kappa shape index (κ3) is 4.16. The Bertz CT molecular complexity index is 425. The number of hydrogen-bond donors (Lipinski definition) is 2. The van der Waals surface area contributed by atoms with Gasteiger partial charge in [0.15, 0.2) is 0 Å². The Morgan fingerprint density at radius 3 is 2.63 bits per heavy atom. The van der Waals surface area contributed by atoms with E-state index < -0.39 is 0 Å². The number of thiocarbonyl (C=S) groups is 1. The molecule has 19 heavy (non-hydrogen) atoms. The first-order valence-corrected chi connectivity index (χ1v) is 7.60. The highest BCUT2D eigenvalue weighted by Gasteiger charge is 2.19. The van der Waals surface area contributed by atoms with Crippen LogP contribution in [0.3, 0.4) is 0 Å². The zero-order valence-electron chi connectivity index (χ0n) is 11.6. The fourth-order valence-corrected chi connectivity index (χ4v) is 2.88. The van der Waals surface area contributed by atoms with E-state index in [4.69, 9.17) is 18.0 Å². The summed E-state index contributed by atoms with van der Waals surface area (Å²) in [6.07, 6.45) is 6.76. The molecule has 1 aliphatic rings. The minimum atomic E-state index is 0.354. The van der Waals surface area contributed by atoms with Gasteiger partial charge in [-0.3, -0.25) is 0 Å². The van der Waals surface area contributed by atoms with Gasteiger partial charge < -0.3 is 11.1 Å². The van der Waals surface area contributed by atoms with E-state index in [1.54, 1.807) is 0 Å². The SMILES string of the molecule is CCC1CCC(CNc2cccc(C(N)=S)n2)CC1. The molecule has 1 aromatic heterocycles. The number of aromatic nitrogens is 1. The van der Waals surface area contributed by atoms with E-state index >= 15 is 0 Å². The maximum atomic E-state index is 5.59. The van der Waals surface area contributed by atoms with E-state index in [-0.39, 0.29) is 0 Å². The Kier molecular flexibility index (Phi) is 5.14. The molecule has 1 aliphatic carbocycles. The average Bonchev–Trinajstić information content (AvgIpc) is 2.46. The van der Waals surface area contributed by atoms with Crippen LogP contribution < -0.4 is 11.1 Å². The highest BCUT2D eigenvalue weighted by molar-refractivity contribution is 7.80. The molecule has 1 fully saturated rings. The number of rotatable bonds is 5. The molecule has 1 aromatic rings. The summed E-state index contributed by atoms with van der Waals surface area (Å²) < 4.78 is 0. The van der Waals surface area contributed by atoms with Crippen molar-refractivity contribution in [1.29, 1.82) is 0 Å². The zero-order chi connectivity index (χ0) is 13.7. The van der Waals surface area contributed by atoms with Gasteiger partial charge in [0, 0.05) is 6.54 Å². The van der Waals surface area contributed by atoms with Crippen molar-refractivity contribution in [3.63, 3.8) is 0 Å². The van der Waals surface area contributed by atoms with E-state index in [1.165, 1.54) is 32.1 Å². The van der Waals surface area contributed by atoms with Crippen molar-refractivity contribution >= 4 is 23.0 Å². The monoisotopic (exact) mass is 277 g/mol. The molecule has 4 heteroatoms. The summed E-state index contributed by atoms with van der Waals surface area (Å²) in [5, 5.41) is 3.42. The predicted octanol–water partition coefficient (Wildman–Crippen LogP) is 3.34. The molecule has 104 valence electrons. The van der Waals surface area contributed by atoms with Gasteiger partial charge in [0.25, 0.3) is 0 Å². The van der Waals surface area contributed by atoms with Crippen LogP contribution in [0.4, 0.5) is 5.82 Å². The van der Waals surface area contributed by atoms with Crippen molar-refractivity contribution in [2.45, 2.75) is 39.0 Å². The van der Waals surface area contributed by atoms with Gasteiger partial charge in [0.2, 0.25) is 0 Å². The Morgan fingerprint density at radius 2 is 2.00 bits per heavy atom. The molecule has 0 spiro atoms. The van der Waals surface area contributed by atoms with Crippen LogP contribution in [-0.4, -0.2) is 16.5 Å². The van der Waals surface area contributed by atoms with Crippen molar-refractivity contribution < 1.29 is 0 Å². The van der Waals surface area contributed by atoms with Gasteiger partial charge in [-0.1, -0.05) is 44.5 Å². The maximum Gasteiger partial charge on any atom is 0.126 e. The summed E-state index contributed by atoms with van der Waals surface area (Å²) in [5.74, 6) is 2.60. The third-order valence-electron chi connectivity index (χ3n) is 4.12. The van der Waals surface area contributed by atoms with Crippen molar-refractivity contribution in [2.75, 3.05) is 11.9 Å². The fourth-order valence-electron chi connectivity index (χ4n) is 2.76.